The van der Waals surface area contributed by atoms with Gasteiger partial charge in [0.15, 0.2) is 0 Å². The third-order valence-corrected chi connectivity index (χ3v) is 10.8. The molecule has 0 unspecified atom stereocenters. The lowest BCUT2D eigenvalue weighted by Crippen LogP contribution is -2.44. The van der Waals surface area contributed by atoms with Gasteiger partial charge in [0.1, 0.15) is 0 Å². The molecule has 4 amide bonds. The summed E-state index contributed by atoms with van der Waals surface area (Å²) in [7, 11) is 0. The van der Waals surface area contributed by atoms with Gasteiger partial charge in [-0.3, -0.25) is 19.2 Å². The van der Waals surface area contributed by atoms with Crippen LogP contribution in [0.2, 0.25) is 0 Å². The van der Waals surface area contributed by atoms with E-state index in [1.807, 2.05) is 158 Å². The lowest BCUT2D eigenvalue weighted by Gasteiger charge is -2.34. The second-order valence-corrected chi connectivity index (χ2v) is 13.8. The van der Waals surface area contributed by atoms with Crippen LogP contribution < -0.4 is 9.80 Å². The first-order valence-corrected chi connectivity index (χ1v) is 18.4. The van der Waals surface area contributed by atoms with E-state index >= 15 is 0 Å². The van der Waals surface area contributed by atoms with Crippen molar-refractivity contribution in [2.45, 2.75) is 0 Å². The molecule has 0 radical (unpaired) electrons. The molecule has 0 fully saturated rings. The third-order valence-electron chi connectivity index (χ3n) is 10.8. The van der Waals surface area contributed by atoms with Crippen LogP contribution in [-0.2, 0) is 0 Å². The summed E-state index contributed by atoms with van der Waals surface area (Å²) >= 11 is 0. The fraction of sp³-hybridized carbons (Fsp3) is 0. The van der Waals surface area contributed by atoms with Gasteiger partial charge in [-0.1, -0.05) is 158 Å². The number of nitrogens with zero attached hydrogens (tertiary/aromatic N) is 2. The number of hydrogen-bond acceptors (Lipinski definition) is 4. The summed E-state index contributed by atoms with van der Waals surface area (Å²) in [5, 5.41) is 0.622. The van der Waals surface area contributed by atoms with Crippen LogP contribution in [0.4, 0.5) is 11.4 Å². The quantitative estimate of drug-likeness (QED) is 0.160. The SMILES string of the molecule is O=C1c2ccc3c4c(ccc(c24)C(=O)N1c1c(-c2ccccc2)cccc1-c1ccccc1)C(=O)N(c1c(-c2ccccc2)cccc1-c1ccccc1)C3=O. The average molecular weight is 723 g/mol. The van der Waals surface area contributed by atoms with Crippen LogP contribution in [0.25, 0.3) is 55.3 Å². The number of para-hydroxylation sites is 2. The smallest absolute Gasteiger partial charge is 0.266 e. The van der Waals surface area contributed by atoms with Gasteiger partial charge < -0.3 is 0 Å². The van der Waals surface area contributed by atoms with Crippen molar-refractivity contribution in [1.82, 2.24) is 0 Å². The molecule has 0 bridgehead atoms. The van der Waals surface area contributed by atoms with Gasteiger partial charge in [0.2, 0.25) is 0 Å². The molecule has 0 saturated heterocycles. The van der Waals surface area contributed by atoms with Crippen LogP contribution in [0, 0.1) is 0 Å². The van der Waals surface area contributed by atoms with Crippen molar-refractivity contribution in [3.05, 3.63) is 204 Å². The number of carbonyl (C=O) groups excluding carboxylic acids is 4. The highest BCUT2D eigenvalue weighted by Crippen LogP contribution is 2.47. The highest BCUT2D eigenvalue weighted by Gasteiger charge is 2.43. The monoisotopic (exact) mass is 722 g/mol. The van der Waals surface area contributed by atoms with Gasteiger partial charge in [0.25, 0.3) is 23.6 Å². The highest BCUT2D eigenvalue weighted by molar-refractivity contribution is 6.43. The maximum atomic E-state index is 14.9. The zero-order valence-electron chi connectivity index (χ0n) is 29.8. The van der Waals surface area contributed by atoms with Gasteiger partial charge >= 0.3 is 0 Å². The van der Waals surface area contributed by atoms with Crippen molar-refractivity contribution in [2.75, 3.05) is 9.80 Å². The molecule has 8 aromatic rings. The molecule has 264 valence electrons. The van der Waals surface area contributed by atoms with E-state index in [0.717, 1.165) is 44.5 Å². The number of imide groups is 2. The molecule has 56 heavy (non-hydrogen) atoms. The second-order valence-electron chi connectivity index (χ2n) is 13.8. The first-order valence-electron chi connectivity index (χ1n) is 18.4. The first kappa shape index (κ1) is 32.9. The van der Waals surface area contributed by atoms with Crippen molar-refractivity contribution < 1.29 is 19.2 Å². The van der Waals surface area contributed by atoms with Crippen LogP contribution in [0.5, 0.6) is 0 Å². The maximum absolute atomic E-state index is 14.9. The normalized spacial score (nSPS) is 13.4. The summed E-state index contributed by atoms with van der Waals surface area (Å²) in [6, 6.07) is 56.6. The Hall–Kier alpha value is -7.70. The van der Waals surface area contributed by atoms with E-state index in [-0.39, 0.29) is 22.3 Å². The van der Waals surface area contributed by atoms with E-state index in [9.17, 15) is 19.2 Å². The van der Waals surface area contributed by atoms with E-state index in [1.165, 1.54) is 9.80 Å². The summed E-state index contributed by atoms with van der Waals surface area (Å²) in [5.74, 6) is -2.13. The van der Waals surface area contributed by atoms with Crippen LogP contribution >= 0.6 is 0 Å². The summed E-state index contributed by atoms with van der Waals surface area (Å²) in [6.45, 7) is 0. The molecule has 10 rings (SSSR count). The second kappa shape index (κ2) is 13.0. The van der Waals surface area contributed by atoms with Crippen LogP contribution in [0.3, 0.4) is 0 Å². The Morgan fingerprint density at radius 3 is 0.696 bits per heavy atom. The number of carbonyl (C=O) groups is 4. The van der Waals surface area contributed by atoms with Crippen molar-refractivity contribution in [1.29, 1.82) is 0 Å². The maximum Gasteiger partial charge on any atom is 0.266 e. The molecule has 8 aromatic carbocycles. The van der Waals surface area contributed by atoms with Crippen molar-refractivity contribution in [3.63, 3.8) is 0 Å². The molecule has 0 aliphatic carbocycles. The Labute approximate surface area is 322 Å². The molecule has 0 N–H and O–H groups in total. The van der Waals surface area contributed by atoms with Crippen molar-refractivity contribution >= 4 is 45.8 Å². The predicted octanol–water partition coefficient (Wildman–Crippen LogP) is 11.1. The van der Waals surface area contributed by atoms with Crippen molar-refractivity contribution in [3.8, 4) is 44.5 Å². The molecule has 2 aliphatic rings. The fourth-order valence-corrected chi connectivity index (χ4v) is 8.25. The van der Waals surface area contributed by atoms with E-state index in [4.69, 9.17) is 0 Å². The first-order chi connectivity index (χ1) is 27.5. The molecular formula is C50H30N2O4. The van der Waals surface area contributed by atoms with E-state index < -0.39 is 23.6 Å². The molecule has 0 aromatic heterocycles. The minimum Gasteiger partial charge on any atom is -0.268 e. The molecule has 6 nitrogen and oxygen atoms in total. The van der Waals surface area contributed by atoms with E-state index in [2.05, 4.69) is 0 Å². The number of benzene rings is 8. The van der Waals surface area contributed by atoms with Gasteiger partial charge in [-0.25, -0.2) is 9.80 Å². The van der Waals surface area contributed by atoms with Gasteiger partial charge in [-0.2, -0.15) is 0 Å². The Morgan fingerprint density at radius 1 is 0.232 bits per heavy atom. The Morgan fingerprint density at radius 2 is 0.464 bits per heavy atom. The lowest BCUT2D eigenvalue weighted by molar-refractivity contribution is 0.0873. The Bertz CT molecular complexity index is 2540. The molecule has 0 spiro atoms. The molecule has 6 heteroatoms. The summed E-state index contributed by atoms with van der Waals surface area (Å²) in [4.78, 5) is 62.1. The van der Waals surface area contributed by atoms with Crippen molar-refractivity contribution in [2.24, 2.45) is 0 Å². The number of amides is 4. The van der Waals surface area contributed by atoms with Gasteiger partial charge in [-0.05, 0) is 46.5 Å². The molecule has 2 aliphatic heterocycles. The van der Waals surface area contributed by atoms with Gasteiger partial charge in [0, 0.05) is 55.3 Å². The average Bonchev–Trinajstić information content (AvgIpc) is 3.26. The lowest BCUT2D eigenvalue weighted by atomic mass is 9.84. The minimum absolute atomic E-state index is 0.241. The number of hydrogen-bond donors (Lipinski definition) is 0. The molecule has 0 saturated carbocycles. The Balaban J connectivity index is 1.16. The highest BCUT2D eigenvalue weighted by atomic mass is 16.2. The van der Waals surface area contributed by atoms with E-state index in [0.29, 0.717) is 22.1 Å². The summed E-state index contributed by atoms with van der Waals surface area (Å²) < 4.78 is 0. The van der Waals surface area contributed by atoms with Gasteiger partial charge in [0.05, 0.1) is 11.4 Å². The zero-order chi connectivity index (χ0) is 37.9. The fourth-order valence-electron chi connectivity index (χ4n) is 8.25. The zero-order valence-corrected chi connectivity index (χ0v) is 29.8. The minimum atomic E-state index is -0.533. The molecular weight excluding hydrogens is 693 g/mol. The summed E-state index contributed by atoms with van der Waals surface area (Å²) in [6.07, 6.45) is 0. The number of anilines is 2. The predicted molar refractivity (Wildman–Crippen MR) is 221 cm³/mol. The largest absolute Gasteiger partial charge is 0.268 e. The molecule has 2 heterocycles. The number of rotatable bonds is 6. The topological polar surface area (TPSA) is 74.8 Å². The third kappa shape index (κ3) is 4.97. The van der Waals surface area contributed by atoms with Crippen LogP contribution in [-0.4, -0.2) is 23.6 Å². The van der Waals surface area contributed by atoms with Crippen LogP contribution in [0.15, 0.2) is 182 Å². The van der Waals surface area contributed by atoms with E-state index in [1.54, 1.807) is 24.3 Å². The van der Waals surface area contributed by atoms with Gasteiger partial charge in [-0.15, -0.1) is 0 Å². The standard InChI is InChI=1S/C50H30N2O4/c53-47-39-27-29-41-44-42(50(56)52(49(41)55)46-37(33-19-9-3-10-20-33)25-14-26-38(46)34-21-11-4-12-22-34)30-28-40(43(39)44)48(54)51(47)45-35(31-15-5-1-6-16-31)23-13-24-36(45)32-17-7-2-8-18-32/h1-30H. The summed E-state index contributed by atoms with van der Waals surface area (Å²) in [5.41, 5.74) is 8.14. The van der Waals surface area contributed by atoms with Crippen LogP contribution in [0.1, 0.15) is 41.4 Å². The molecule has 0 atom stereocenters. The Kier molecular flexibility index (Phi) is 7.64.